The number of anilines is 1. The highest BCUT2D eigenvalue weighted by Gasteiger charge is 2.08. The highest BCUT2D eigenvalue weighted by Crippen LogP contribution is 2.24. The Bertz CT molecular complexity index is 1030. The zero-order valence-electron chi connectivity index (χ0n) is 16.8. The van der Waals surface area contributed by atoms with E-state index in [-0.39, 0.29) is 0 Å². The number of benzene rings is 2. The van der Waals surface area contributed by atoms with E-state index in [1.165, 1.54) is 5.56 Å². The van der Waals surface area contributed by atoms with Crippen LogP contribution >= 0.6 is 11.6 Å². The van der Waals surface area contributed by atoms with Crippen LogP contribution in [0.2, 0.25) is 5.02 Å². The second-order valence-electron chi connectivity index (χ2n) is 7.32. The van der Waals surface area contributed by atoms with E-state index in [1.807, 2.05) is 48.8 Å². The number of rotatable bonds is 9. The fraction of sp³-hybridized carbons (Fsp3) is 0.200. The average molecular weight is 417 g/mol. The largest absolute Gasteiger partial charge is 0.384 e. The molecule has 0 saturated heterocycles. The van der Waals surface area contributed by atoms with Gasteiger partial charge in [-0.25, -0.2) is 0 Å². The standard InChI is InChI=1S/C25H25ClN4/c26-21-10-11-23-24(12-15-29-25(23)17-21)28-14-6-16-30(18-20-7-2-1-3-8-20)19-22-9-4-5-13-27-22/h1-5,7-13,15,17H,6,14,16,18-19H2,(H,28,29). The fourth-order valence-electron chi connectivity index (χ4n) is 3.58. The Kier molecular flexibility index (Phi) is 6.91. The van der Waals surface area contributed by atoms with E-state index < -0.39 is 0 Å². The van der Waals surface area contributed by atoms with E-state index in [1.54, 1.807) is 0 Å². The minimum atomic E-state index is 0.707. The maximum Gasteiger partial charge on any atom is 0.0737 e. The van der Waals surface area contributed by atoms with Crippen molar-refractivity contribution < 1.29 is 0 Å². The number of halogens is 1. The average Bonchev–Trinajstić information content (AvgIpc) is 2.78. The molecule has 152 valence electrons. The molecule has 0 bridgehead atoms. The lowest BCUT2D eigenvalue weighted by atomic mass is 10.2. The van der Waals surface area contributed by atoms with Crippen molar-refractivity contribution in [3.8, 4) is 0 Å². The second-order valence-corrected chi connectivity index (χ2v) is 7.75. The van der Waals surface area contributed by atoms with Crippen molar-refractivity contribution >= 4 is 28.2 Å². The van der Waals surface area contributed by atoms with Gasteiger partial charge in [0.2, 0.25) is 0 Å². The molecule has 0 aliphatic rings. The third-order valence-corrected chi connectivity index (χ3v) is 5.27. The number of hydrogen-bond donors (Lipinski definition) is 1. The number of hydrogen-bond acceptors (Lipinski definition) is 4. The molecule has 4 nitrogen and oxygen atoms in total. The van der Waals surface area contributed by atoms with Gasteiger partial charge in [0.25, 0.3) is 0 Å². The molecule has 0 aliphatic heterocycles. The molecule has 0 unspecified atom stereocenters. The van der Waals surface area contributed by atoms with Crippen molar-refractivity contribution in [2.24, 2.45) is 0 Å². The summed E-state index contributed by atoms with van der Waals surface area (Å²) < 4.78 is 0. The molecule has 0 saturated carbocycles. The molecule has 2 heterocycles. The van der Waals surface area contributed by atoms with Crippen molar-refractivity contribution in [3.63, 3.8) is 0 Å². The second kappa shape index (κ2) is 10.2. The van der Waals surface area contributed by atoms with Crippen molar-refractivity contribution in [1.82, 2.24) is 14.9 Å². The van der Waals surface area contributed by atoms with Gasteiger partial charge in [-0.15, -0.1) is 0 Å². The maximum absolute atomic E-state index is 6.09. The molecule has 5 heteroatoms. The third-order valence-electron chi connectivity index (χ3n) is 5.03. The normalized spacial score (nSPS) is 11.1. The summed E-state index contributed by atoms with van der Waals surface area (Å²) >= 11 is 6.09. The number of pyridine rings is 2. The quantitative estimate of drug-likeness (QED) is 0.351. The van der Waals surface area contributed by atoms with E-state index in [9.17, 15) is 0 Å². The number of nitrogens with one attached hydrogen (secondary N) is 1. The topological polar surface area (TPSA) is 41.0 Å². The summed E-state index contributed by atoms with van der Waals surface area (Å²) in [4.78, 5) is 11.4. The zero-order valence-corrected chi connectivity index (χ0v) is 17.6. The molecule has 0 fully saturated rings. The van der Waals surface area contributed by atoms with Crippen molar-refractivity contribution in [3.05, 3.63) is 101 Å². The van der Waals surface area contributed by atoms with Gasteiger partial charge in [0.05, 0.1) is 11.2 Å². The molecule has 0 spiro atoms. The molecule has 4 aromatic rings. The molecule has 4 rings (SSSR count). The van der Waals surface area contributed by atoms with Gasteiger partial charge >= 0.3 is 0 Å². The SMILES string of the molecule is Clc1ccc2c(NCCCN(Cc3ccccc3)Cc3ccccn3)ccnc2c1. The predicted molar refractivity (Wildman–Crippen MR) is 125 cm³/mol. The maximum atomic E-state index is 6.09. The van der Waals surface area contributed by atoms with Gasteiger partial charge in [-0.2, -0.15) is 0 Å². The van der Waals surface area contributed by atoms with Gasteiger partial charge in [0.1, 0.15) is 0 Å². The molecule has 2 aromatic heterocycles. The summed E-state index contributed by atoms with van der Waals surface area (Å²) in [7, 11) is 0. The monoisotopic (exact) mass is 416 g/mol. The highest BCUT2D eigenvalue weighted by molar-refractivity contribution is 6.31. The van der Waals surface area contributed by atoms with Crippen molar-refractivity contribution in [2.45, 2.75) is 19.5 Å². The number of aromatic nitrogens is 2. The zero-order chi connectivity index (χ0) is 20.6. The Balaban J connectivity index is 1.37. The van der Waals surface area contributed by atoms with Crippen LogP contribution in [0, 0.1) is 0 Å². The Morgan fingerprint density at radius 3 is 2.53 bits per heavy atom. The predicted octanol–water partition coefficient (Wildman–Crippen LogP) is 5.79. The highest BCUT2D eigenvalue weighted by atomic mass is 35.5. The lowest BCUT2D eigenvalue weighted by molar-refractivity contribution is 0.253. The summed E-state index contributed by atoms with van der Waals surface area (Å²) in [5, 5.41) is 5.37. The minimum absolute atomic E-state index is 0.707. The van der Waals surface area contributed by atoms with Crippen molar-refractivity contribution in [1.29, 1.82) is 0 Å². The molecule has 0 aliphatic carbocycles. The van der Waals surface area contributed by atoms with Crippen LogP contribution in [0.4, 0.5) is 5.69 Å². The summed E-state index contributed by atoms with van der Waals surface area (Å²) in [5.41, 5.74) is 4.42. The Hall–Kier alpha value is -2.95. The van der Waals surface area contributed by atoms with Crippen LogP contribution in [-0.2, 0) is 13.1 Å². The van der Waals surface area contributed by atoms with Crippen LogP contribution in [0.25, 0.3) is 10.9 Å². The summed E-state index contributed by atoms with van der Waals surface area (Å²) in [6.07, 6.45) is 4.71. The molecule has 0 amide bonds. The van der Waals surface area contributed by atoms with E-state index in [4.69, 9.17) is 11.6 Å². The molecule has 0 atom stereocenters. The van der Waals surface area contributed by atoms with Gasteiger partial charge in [-0.1, -0.05) is 48.0 Å². The smallest absolute Gasteiger partial charge is 0.0737 e. The van der Waals surface area contributed by atoms with Gasteiger partial charge in [0, 0.05) is 54.7 Å². The molecular formula is C25H25ClN4. The fourth-order valence-corrected chi connectivity index (χ4v) is 3.74. The van der Waals surface area contributed by atoms with Crippen LogP contribution in [0.1, 0.15) is 17.7 Å². The molecule has 0 radical (unpaired) electrons. The Morgan fingerprint density at radius 1 is 0.833 bits per heavy atom. The van der Waals surface area contributed by atoms with Crippen LogP contribution < -0.4 is 5.32 Å². The first-order chi connectivity index (χ1) is 14.8. The number of fused-ring (bicyclic) bond motifs is 1. The Morgan fingerprint density at radius 2 is 1.70 bits per heavy atom. The van der Waals surface area contributed by atoms with Crippen molar-refractivity contribution in [2.75, 3.05) is 18.4 Å². The van der Waals surface area contributed by atoms with Gasteiger partial charge in [0.15, 0.2) is 0 Å². The lowest BCUT2D eigenvalue weighted by Gasteiger charge is -2.22. The van der Waals surface area contributed by atoms with E-state index in [2.05, 4.69) is 56.6 Å². The van der Waals surface area contributed by atoms with E-state index in [0.29, 0.717) is 5.02 Å². The van der Waals surface area contributed by atoms with Gasteiger partial charge in [-0.05, 0) is 48.4 Å². The Labute approximate surface area is 182 Å². The summed E-state index contributed by atoms with van der Waals surface area (Å²) in [5.74, 6) is 0. The van der Waals surface area contributed by atoms with Crippen LogP contribution in [-0.4, -0.2) is 28.0 Å². The lowest BCUT2D eigenvalue weighted by Crippen LogP contribution is -2.26. The molecule has 30 heavy (non-hydrogen) atoms. The molecular weight excluding hydrogens is 392 g/mol. The van der Waals surface area contributed by atoms with Gasteiger partial charge in [-0.3, -0.25) is 14.9 Å². The minimum Gasteiger partial charge on any atom is -0.384 e. The first kappa shape index (κ1) is 20.3. The number of nitrogens with zero attached hydrogens (tertiary/aromatic N) is 3. The van der Waals surface area contributed by atoms with Crippen LogP contribution in [0.15, 0.2) is 85.2 Å². The van der Waals surface area contributed by atoms with Crippen LogP contribution in [0.5, 0.6) is 0 Å². The van der Waals surface area contributed by atoms with E-state index >= 15 is 0 Å². The molecule has 1 N–H and O–H groups in total. The van der Waals surface area contributed by atoms with Gasteiger partial charge < -0.3 is 5.32 Å². The summed E-state index contributed by atoms with van der Waals surface area (Å²) in [6.45, 7) is 3.61. The first-order valence-electron chi connectivity index (χ1n) is 10.2. The first-order valence-corrected chi connectivity index (χ1v) is 10.6. The third kappa shape index (κ3) is 5.56. The molecule has 2 aromatic carbocycles. The van der Waals surface area contributed by atoms with E-state index in [0.717, 1.165) is 54.9 Å². The summed E-state index contributed by atoms with van der Waals surface area (Å²) in [6, 6.07) is 24.5. The van der Waals surface area contributed by atoms with Crippen LogP contribution in [0.3, 0.4) is 0 Å².